The number of fused-ring (bicyclic) bond motifs is 1. The maximum atomic E-state index is 12.3. The lowest BCUT2D eigenvalue weighted by Crippen LogP contribution is -2.11. The molecule has 24 heavy (non-hydrogen) atoms. The van der Waals surface area contributed by atoms with Crippen LogP contribution in [0.3, 0.4) is 0 Å². The number of thioether (sulfide) groups is 1. The maximum absolute atomic E-state index is 12.3. The molecule has 0 fully saturated rings. The lowest BCUT2D eigenvalue weighted by atomic mass is 10.1. The molecule has 1 aromatic heterocycles. The minimum Gasteiger partial charge on any atom is -0.322 e. The van der Waals surface area contributed by atoms with Gasteiger partial charge in [0.15, 0.2) is 4.34 Å². The van der Waals surface area contributed by atoms with Gasteiger partial charge in [0.2, 0.25) is 0 Å². The van der Waals surface area contributed by atoms with Crippen molar-refractivity contribution in [3.05, 3.63) is 53.6 Å². The number of hydrogen-bond acceptors (Lipinski definition) is 4. The quantitative estimate of drug-likeness (QED) is 0.605. The Balaban J connectivity index is 1.75. The molecule has 0 radical (unpaired) electrons. The van der Waals surface area contributed by atoms with Crippen LogP contribution in [-0.2, 0) is 0 Å². The molecule has 0 aliphatic rings. The number of carbonyl (C=O) groups is 1. The van der Waals surface area contributed by atoms with Gasteiger partial charge in [0.05, 0.1) is 10.2 Å². The average molecular weight is 357 g/mol. The summed E-state index contributed by atoms with van der Waals surface area (Å²) in [6.45, 7) is 6.42. The Morgan fingerprint density at radius 1 is 1.21 bits per heavy atom. The molecule has 0 atom stereocenters. The minimum atomic E-state index is -0.0896. The van der Waals surface area contributed by atoms with Gasteiger partial charge >= 0.3 is 0 Å². The number of aryl methyl sites for hydroxylation is 1. The zero-order chi connectivity index (χ0) is 17.1. The van der Waals surface area contributed by atoms with Crippen LogP contribution in [-0.4, -0.2) is 16.6 Å². The van der Waals surface area contributed by atoms with Crippen LogP contribution in [0.25, 0.3) is 10.2 Å². The molecule has 0 aliphatic carbocycles. The first-order chi connectivity index (χ1) is 11.5. The first-order valence-electron chi connectivity index (χ1n) is 7.92. The molecule has 1 amide bonds. The molecule has 0 saturated heterocycles. The zero-order valence-corrected chi connectivity index (χ0v) is 15.6. The van der Waals surface area contributed by atoms with E-state index in [-0.39, 0.29) is 5.91 Å². The number of aromatic nitrogens is 1. The number of carbonyl (C=O) groups excluding carboxylic acids is 1. The van der Waals surface area contributed by atoms with Crippen LogP contribution in [0.15, 0.2) is 46.8 Å². The highest BCUT2D eigenvalue weighted by molar-refractivity contribution is 8.01. The Labute approximate surface area is 150 Å². The highest BCUT2D eigenvalue weighted by atomic mass is 32.2. The fourth-order valence-corrected chi connectivity index (χ4v) is 4.27. The number of anilines is 1. The van der Waals surface area contributed by atoms with Crippen LogP contribution < -0.4 is 5.32 Å². The van der Waals surface area contributed by atoms with E-state index in [1.54, 1.807) is 23.1 Å². The Bertz CT molecular complexity index is 853. The van der Waals surface area contributed by atoms with Crippen molar-refractivity contribution in [3.8, 4) is 0 Å². The summed E-state index contributed by atoms with van der Waals surface area (Å²) in [5.74, 6) is 1.62. The van der Waals surface area contributed by atoms with Gasteiger partial charge in [-0.25, -0.2) is 4.98 Å². The number of amides is 1. The van der Waals surface area contributed by atoms with E-state index in [0.717, 1.165) is 31.6 Å². The van der Waals surface area contributed by atoms with E-state index < -0.39 is 0 Å². The van der Waals surface area contributed by atoms with Crippen LogP contribution in [0.2, 0.25) is 0 Å². The molecular formula is C19H20N2OS2. The number of hydrogen-bond donors (Lipinski definition) is 1. The molecular weight excluding hydrogens is 336 g/mol. The number of nitrogens with zero attached hydrogens (tertiary/aromatic N) is 1. The summed E-state index contributed by atoms with van der Waals surface area (Å²) in [6, 6.07) is 13.5. The molecule has 0 unspecified atom stereocenters. The van der Waals surface area contributed by atoms with Gasteiger partial charge in [0.25, 0.3) is 5.91 Å². The van der Waals surface area contributed by atoms with E-state index in [4.69, 9.17) is 0 Å². The third kappa shape index (κ3) is 4.16. The van der Waals surface area contributed by atoms with Crippen LogP contribution in [0.1, 0.15) is 29.8 Å². The fourth-order valence-electron chi connectivity index (χ4n) is 2.19. The second-order valence-corrected chi connectivity index (χ2v) is 8.49. The SMILES string of the molecule is Cc1ccc(C(=O)Nc2ccc3nc(SCC(C)C)sc3c2)cc1. The summed E-state index contributed by atoms with van der Waals surface area (Å²) in [7, 11) is 0. The molecule has 3 rings (SSSR count). The third-order valence-electron chi connectivity index (χ3n) is 3.48. The number of nitrogens with one attached hydrogen (secondary N) is 1. The molecule has 0 bridgehead atoms. The molecule has 124 valence electrons. The number of thiazole rings is 1. The van der Waals surface area contributed by atoms with Crippen molar-refractivity contribution in [1.29, 1.82) is 0 Å². The molecule has 0 spiro atoms. The Hall–Kier alpha value is -1.85. The van der Waals surface area contributed by atoms with Gasteiger partial charge in [0.1, 0.15) is 0 Å². The highest BCUT2D eigenvalue weighted by Crippen LogP contribution is 2.32. The molecule has 3 nitrogen and oxygen atoms in total. The van der Waals surface area contributed by atoms with Gasteiger partial charge in [-0.05, 0) is 43.2 Å². The van der Waals surface area contributed by atoms with Crippen LogP contribution in [0.5, 0.6) is 0 Å². The summed E-state index contributed by atoms with van der Waals surface area (Å²) in [5.41, 5.74) is 3.60. The molecule has 5 heteroatoms. The standard InChI is InChI=1S/C19H20N2OS2/c1-12(2)11-23-19-21-16-9-8-15(10-17(16)24-19)20-18(22)14-6-4-13(3)5-7-14/h4-10,12H,11H2,1-3H3,(H,20,22). The summed E-state index contributed by atoms with van der Waals surface area (Å²) in [6.07, 6.45) is 0. The molecule has 0 saturated carbocycles. The van der Waals surface area contributed by atoms with Crippen molar-refractivity contribution in [3.63, 3.8) is 0 Å². The van der Waals surface area contributed by atoms with Gasteiger partial charge in [-0.2, -0.15) is 0 Å². The first-order valence-corrected chi connectivity index (χ1v) is 9.73. The van der Waals surface area contributed by atoms with Gasteiger partial charge in [-0.1, -0.05) is 43.3 Å². The lowest BCUT2D eigenvalue weighted by molar-refractivity contribution is 0.102. The molecule has 2 aromatic carbocycles. The van der Waals surface area contributed by atoms with Gasteiger partial charge in [0, 0.05) is 17.0 Å². The molecule has 3 aromatic rings. The van der Waals surface area contributed by atoms with E-state index in [1.165, 1.54) is 0 Å². The zero-order valence-electron chi connectivity index (χ0n) is 14.0. The second-order valence-electron chi connectivity index (χ2n) is 6.19. The predicted molar refractivity (Wildman–Crippen MR) is 104 cm³/mol. The number of rotatable bonds is 5. The van der Waals surface area contributed by atoms with Crippen LogP contribution in [0.4, 0.5) is 5.69 Å². The van der Waals surface area contributed by atoms with Gasteiger partial charge in [-0.3, -0.25) is 4.79 Å². The van der Waals surface area contributed by atoms with E-state index in [0.29, 0.717) is 11.5 Å². The van der Waals surface area contributed by atoms with Crippen molar-refractivity contribution in [2.75, 3.05) is 11.1 Å². The van der Waals surface area contributed by atoms with E-state index in [1.807, 2.05) is 49.4 Å². The van der Waals surface area contributed by atoms with E-state index in [9.17, 15) is 4.79 Å². The Morgan fingerprint density at radius 2 is 1.96 bits per heavy atom. The molecule has 1 heterocycles. The van der Waals surface area contributed by atoms with Crippen molar-refractivity contribution in [2.45, 2.75) is 25.1 Å². The van der Waals surface area contributed by atoms with Gasteiger partial charge < -0.3 is 5.32 Å². The van der Waals surface area contributed by atoms with E-state index in [2.05, 4.69) is 24.1 Å². The molecule has 1 N–H and O–H groups in total. The smallest absolute Gasteiger partial charge is 0.255 e. The molecule has 0 aliphatic heterocycles. The average Bonchev–Trinajstić information content (AvgIpc) is 2.95. The summed E-state index contributed by atoms with van der Waals surface area (Å²) < 4.78 is 2.18. The monoisotopic (exact) mass is 356 g/mol. The third-order valence-corrected chi connectivity index (χ3v) is 6.07. The van der Waals surface area contributed by atoms with Crippen molar-refractivity contribution >= 4 is 44.9 Å². The van der Waals surface area contributed by atoms with Crippen molar-refractivity contribution < 1.29 is 4.79 Å². The number of benzene rings is 2. The summed E-state index contributed by atoms with van der Waals surface area (Å²) in [5, 5.41) is 2.96. The van der Waals surface area contributed by atoms with Crippen molar-refractivity contribution in [2.24, 2.45) is 5.92 Å². The minimum absolute atomic E-state index is 0.0896. The summed E-state index contributed by atoms with van der Waals surface area (Å²) in [4.78, 5) is 17.0. The lowest BCUT2D eigenvalue weighted by Gasteiger charge is -2.05. The Morgan fingerprint density at radius 3 is 2.67 bits per heavy atom. The van der Waals surface area contributed by atoms with Crippen LogP contribution >= 0.6 is 23.1 Å². The fraction of sp³-hybridized carbons (Fsp3) is 0.263. The maximum Gasteiger partial charge on any atom is 0.255 e. The second kappa shape index (κ2) is 7.36. The summed E-state index contributed by atoms with van der Waals surface area (Å²) >= 11 is 3.47. The van der Waals surface area contributed by atoms with E-state index >= 15 is 0 Å². The van der Waals surface area contributed by atoms with Crippen LogP contribution in [0, 0.1) is 12.8 Å². The topological polar surface area (TPSA) is 42.0 Å². The Kier molecular flexibility index (Phi) is 5.21. The normalized spacial score (nSPS) is 11.2. The van der Waals surface area contributed by atoms with Gasteiger partial charge in [-0.15, -0.1) is 11.3 Å². The highest BCUT2D eigenvalue weighted by Gasteiger charge is 2.09. The predicted octanol–water partition coefficient (Wildman–Crippen LogP) is 5.61. The first kappa shape index (κ1) is 17.0. The largest absolute Gasteiger partial charge is 0.322 e. The van der Waals surface area contributed by atoms with Crippen molar-refractivity contribution in [1.82, 2.24) is 4.98 Å².